The monoisotopic (exact) mass is 503 g/mol. The van der Waals surface area contributed by atoms with Crippen LogP contribution in [0.5, 0.6) is 0 Å². The summed E-state index contributed by atoms with van der Waals surface area (Å²) in [5, 5.41) is 0. The van der Waals surface area contributed by atoms with Crippen molar-refractivity contribution in [2.24, 2.45) is 23.5 Å². The second-order valence-electron chi connectivity index (χ2n) is 9.68. The fourth-order valence-corrected chi connectivity index (χ4v) is 5.40. The number of hydrogen-bond donors (Lipinski definition) is 1. The highest BCUT2D eigenvalue weighted by Crippen LogP contribution is 2.37. The topological polar surface area (TPSA) is 125 Å². The maximum absolute atomic E-state index is 13.7. The highest BCUT2D eigenvalue weighted by Gasteiger charge is 2.37. The number of carbonyl (C=O) groups is 3. The minimum atomic E-state index is -0.874. The van der Waals surface area contributed by atoms with Crippen molar-refractivity contribution < 1.29 is 32.7 Å². The molecule has 2 fully saturated rings. The predicted molar refractivity (Wildman–Crippen MR) is 129 cm³/mol. The molecule has 2 heterocycles. The van der Waals surface area contributed by atoms with Crippen molar-refractivity contribution in [3.05, 3.63) is 29.9 Å². The molecule has 2 aliphatic rings. The van der Waals surface area contributed by atoms with Crippen LogP contribution >= 0.6 is 0 Å². The molecule has 36 heavy (non-hydrogen) atoms. The van der Waals surface area contributed by atoms with Gasteiger partial charge in [0.2, 0.25) is 11.7 Å². The molecule has 1 aromatic heterocycles. The van der Waals surface area contributed by atoms with Crippen LogP contribution in [0.1, 0.15) is 62.1 Å². The molecule has 1 aliphatic carbocycles. The molecule has 4 rings (SSSR count). The number of morpholine rings is 1. The van der Waals surface area contributed by atoms with E-state index in [4.69, 9.17) is 19.6 Å². The van der Waals surface area contributed by atoms with Gasteiger partial charge in [-0.15, -0.1) is 0 Å². The summed E-state index contributed by atoms with van der Waals surface area (Å²) >= 11 is 0. The molecule has 1 saturated carbocycles. The molecular formula is C26H34FN3O6. The van der Waals surface area contributed by atoms with Crippen LogP contribution in [-0.4, -0.2) is 60.6 Å². The van der Waals surface area contributed by atoms with Crippen LogP contribution in [0.4, 0.5) is 9.18 Å². The summed E-state index contributed by atoms with van der Waals surface area (Å²) in [7, 11) is 0. The Hall–Kier alpha value is -3.01. The van der Waals surface area contributed by atoms with Crippen molar-refractivity contribution >= 4 is 28.9 Å². The van der Waals surface area contributed by atoms with Crippen LogP contribution in [0.2, 0.25) is 0 Å². The van der Waals surface area contributed by atoms with Gasteiger partial charge >= 0.3 is 6.09 Å². The molecule has 0 bridgehead atoms. The average Bonchev–Trinajstić information content (AvgIpc) is 3.31. The second kappa shape index (κ2) is 12.3. The van der Waals surface area contributed by atoms with Gasteiger partial charge in [-0.1, -0.05) is 19.3 Å². The van der Waals surface area contributed by atoms with Crippen molar-refractivity contribution in [2.75, 3.05) is 32.9 Å². The first-order valence-electron chi connectivity index (χ1n) is 12.8. The quantitative estimate of drug-likeness (QED) is 0.382. The van der Waals surface area contributed by atoms with E-state index in [9.17, 15) is 18.8 Å². The molecule has 196 valence electrons. The van der Waals surface area contributed by atoms with E-state index in [0.29, 0.717) is 51.1 Å². The van der Waals surface area contributed by atoms with Gasteiger partial charge in [0.25, 0.3) is 5.89 Å². The zero-order valence-corrected chi connectivity index (χ0v) is 20.5. The number of Topliss-reactive ketones (excluding diaryl/α,β-unsaturated/α-hetero) is 1. The molecule has 2 amide bonds. The number of benzene rings is 1. The number of ketones is 1. The first-order valence-corrected chi connectivity index (χ1v) is 12.8. The van der Waals surface area contributed by atoms with Gasteiger partial charge in [-0.05, 0) is 50.2 Å². The Balaban J connectivity index is 1.57. The fourth-order valence-electron chi connectivity index (χ4n) is 5.40. The molecule has 1 aliphatic heterocycles. The van der Waals surface area contributed by atoms with E-state index >= 15 is 0 Å². The summed E-state index contributed by atoms with van der Waals surface area (Å²) in [5.74, 6) is -1.52. The lowest BCUT2D eigenvalue weighted by Crippen LogP contribution is -2.46. The average molecular weight is 504 g/mol. The normalized spacial score (nSPS) is 18.6. The molecule has 2 N–H and O–H groups in total. The van der Waals surface area contributed by atoms with E-state index in [1.165, 1.54) is 18.2 Å². The Morgan fingerprint density at radius 2 is 1.92 bits per heavy atom. The predicted octanol–water partition coefficient (Wildman–Crippen LogP) is 4.09. The number of nitrogens with zero attached hydrogens (tertiary/aromatic N) is 2. The van der Waals surface area contributed by atoms with Crippen LogP contribution in [0.15, 0.2) is 22.6 Å². The number of ether oxygens (including phenoxy) is 2. The molecule has 0 radical (unpaired) electrons. The van der Waals surface area contributed by atoms with Gasteiger partial charge in [0.05, 0.1) is 19.8 Å². The summed E-state index contributed by atoms with van der Waals surface area (Å²) in [6, 6.07) is 3.91. The molecule has 2 aromatic rings. The number of amides is 2. The molecule has 9 nitrogen and oxygen atoms in total. The molecule has 0 spiro atoms. The number of aromatic nitrogens is 1. The van der Waals surface area contributed by atoms with Crippen LogP contribution in [0.25, 0.3) is 11.1 Å². The number of carbonyl (C=O) groups excluding carboxylic acids is 3. The maximum Gasteiger partial charge on any atom is 0.404 e. The number of halogens is 1. The Morgan fingerprint density at radius 1 is 1.17 bits per heavy atom. The van der Waals surface area contributed by atoms with Crippen LogP contribution < -0.4 is 5.73 Å². The largest absolute Gasteiger partial charge is 0.450 e. The summed E-state index contributed by atoms with van der Waals surface area (Å²) < 4.78 is 29.6. The summed E-state index contributed by atoms with van der Waals surface area (Å²) in [5.41, 5.74) is 5.66. The number of rotatable bonds is 10. The van der Waals surface area contributed by atoms with Crippen molar-refractivity contribution in [3.63, 3.8) is 0 Å². The highest BCUT2D eigenvalue weighted by molar-refractivity contribution is 5.96. The van der Waals surface area contributed by atoms with Gasteiger partial charge < -0.3 is 24.5 Å². The Morgan fingerprint density at radius 3 is 2.64 bits per heavy atom. The Bertz CT molecular complexity index is 1060. The third-order valence-electron chi connectivity index (χ3n) is 7.27. The Kier molecular flexibility index (Phi) is 8.90. The number of primary amides is 1. The van der Waals surface area contributed by atoms with Crippen LogP contribution in [0, 0.1) is 23.6 Å². The van der Waals surface area contributed by atoms with E-state index in [2.05, 4.69) is 4.98 Å². The third kappa shape index (κ3) is 6.60. The maximum atomic E-state index is 13.7. The van der Waals surface area contributed by atoms with Gasteiger partial charge in [-0.3, -0.25) is 9.59 Å². The first-order chi connectivity index (χ1) is 17.4. The smallest absolute Gasteiger partial charge is 0.404 e. The van der Waals surface area contributed by atoms with E-state index in [1.54, 1.807) is 0 Å². The fraction of sp³-hybridized carbons (Fsp3) is 0.615. The van der Waals surface area contributed by atoms with Crippen LogP contribution in [-0.2, 0) is 14.3 Å². The van der Waals surface area contributed by atoms with Gasteiger partial charge in [0.1, 0.15) is 11.3 Å². The van der Waals surface area contributed by atoms with Gasteiger partial charge in [0.15, 0.2) is 5.58 Å². The van der Waals surface area contributed by atoms with Crippen LogP contribution in [0.3, 0.4) is 0 Å². The van der Waals surface area contributed by atoms with E-state index in [1.807, 2.05) is 4.90 Å². The second-order valence-corrected chi connectivity index (χ2v) is 9.68. The van der Waals surface area contributed by atoms with Crippen molar-refractivity contribution in [1.29, 1.82) is 0 Å². The molecule has 1 aromatic carbocycles. The van der Waals surface area contributed by atoms with Gasteiger partial charge in [0, 0.05) is 31.0 Å². The van der Waals surface area contributed by atoms with Gasteiger partial charge in [-0.2, -0.15) is 0 Å². The number of hydrogen-bond acceptors (Lipinski definition) is 7. The van der Waals surface area contributed by atoms with Gasteiger partial charge in [-0.25, -0.2) is 14.2 Å². The standard InChI is InChI=1S/C26H34FN3O6/c27-19-8-9-22-21(16-19)29-24(36-22)23(31)18(7-4-12-35-26(28)33)15-20(17-5-2-1-3-6-17)25(32)30-10-13-34-14-11-30/h8-9,16-18,20H,1-7,10-15H2,(H2,28,33). The van der Waals surface area contributed by atoms with E-state index in [-0.39, 0.29) is 41.5 Å². The lowest BCUT2D eigenvalue weighted by atomic mass is 9.74. The summed E-state index contributed by atoms with van der Waals surface area (Å²) in [4.78, 5) is 44.4. The zero-order valence-electron chi connectivity index (χ0n) is 20.5. The highest BCUT2D eigenvalue weighted by atomic mass is 19.1. The minimum Gasteiger partial charge on any atom is -0.450 e. The summed E-state index contributed by atoms with van der Waals surface area (Å²) in [6.07, 6.45) is 5.45. The van der Waals surface area contributed by atoms with E-state index < -0.39 is 17.8 Å². The third-order valence-corrected chi connectivity index (χ3v) is 7.27. The Labute approximate surface area is 209 Å². The minimum absolute atomic E-state index is 0.0658. The molecule has 2 unspecified atom stereocenters. The van der Waals surface area contributed by atoms with Crippen molar-refractivity contribution in [3.8, 4) is 0 Å². The lowest BCUT2D eigenvalue weighted by molar-refractivity contribution is -0.142. The number of fused-ring (bicyclic) bond motifs is 1. The SMILES string of the molecule is NC(=O)OCCCC(CC(C(=O)N1CCOCC1)C1CCCCC1)C(=O)c1nc2cc(F)ccc2o1. The molecule has 2 atom stereocenters. The number of nitrogens with two attached hydrogens (primary N) is 1. The zero-order chi connectivity index (χ0) is 25.5. The lowest BCUT2D eigenvalue weighted by Gasteiger charge is -2.36. The molecular weight excluding hydrogens is 469 g/mol. The molecule has 1 saturated heterocycles. The molecule has 10 heteroatoms. The summed E-state index contributed by atoms with van der Waals surface area (Å²) in [6.45, 7) is 2.18. The van der Waals surface area contributed by atoms with Crippen molar-refractivity contribution in [1.82, 2.24) is 9.88 Å². The van der Waals surface area contributed by atoms with Crippen molar-refractivity contribution in [2.45, 2.75) is 51.4 Å². The number of oxazole rings is 1. The van der Waals surface area contributed by atoms with E-state index in [0.717, 1.165) is 32.1 Å². The first kappa shape index (κ1) is 26.1.